The molecule has 20 heavy (non-hydrogen) atoms. The van der Waals surface area contributed by atoms with Gasteiger partial charge in [0.15, 0.2) is 15.2 Å². The minimum atomic E-state index is -0.486. The van der Waals surface area contributed by atoms with Gasteiger partial charge in [-0.25, -0.2) is 14.8 Å². The van der Waals surface area contributed by atoms with Crippen molar-refractivity contribution in [1.82, 2.24) is 15.0 Å². The summed E-state index contributed by atoms with van der Waals surface area (Å²) in [4.78, 5) is 23.3. The topological polar surface area (TPSA) is 79.9 Å². The molecule has 6 nitrogen and oxygen atoms in total. The lowest BCUT2D eigenvalue weighted by Crippen LogP contribution is -2.18. The fraction of sp³-hybridized carbons (Fsp3) is 0.417. The first-order chi connectivity index (χ1) is 9.52. The van der Waals surface area contributed by atoms with E-state index in [4.69, 9.17) is 11.6 Å². The molecule has 0 amide bonds. The molecule has 0 aliphatic rings. The van der Waals surface area contributed by atoms with Crippen LogP contribution in [0.5, 0.6) is 0 Å². The minimum absolute atomic E-state index is 0.0438. The molecule has 0 saturated carbocycles. The predicted molar refractivity (Wildman–Crippen MR) is 78.3 cm³/mol. The zero-order valence-corrected chi connectivity index (χ0v) is 12.9. The molecule has 8 heteroatoms. The lowest BCUT2D eigenvalue weighted by molar-refractivity contribution is 0.0606. The summed E-state index contributed by atoms with van der Waals surface area (Å²) < 4.78 is 4.66. The number of thiazole rings is 1. The third-order valence-electron chi connectivity index (χ3n) is 2.72. The van der Waals surface area contributed by atoms with E-state index in [9.17, 15) is 4.79 Å². The van der Waals surface area contributed by atoms with Crippen molar-refractivity contribution in [1.29, 1.82) is 0 Å². The van der Waals surface area contributed by atoms with Crippen LogP contribution in [0.4, 0.5) is 5.13 Å². The van der Waals surface area contributed by atoms with Gasteiger partial charge >= 0.3 is 5.97 Å². The number of anilines is 1. The summed E-state index contributed by atoms with van der Waals surface area (Å²) in [5.41, 5.74) is 0. The molecule has 1 atom stereocenters. The number of hydrogen-bond donors (Lipinski definition) is 2. The third-order valence-corrected chi connectivity index (χ3v) is 4.07. The molecule has 2 rings (SSSR count). The molecule has 0 radical (unpaired) electrons. The molecule has 0 aliphatic heterocycles. The first kappa shape index (κ1) is 14.8. The van der Waals surface area contributed by atoms with Crippen LogP contribution in [-0.4, -0.2) is 28.0 Å². The lowest BCUT2D eigenvalue weighted by Gasteiger charge is -2.19. The highest BCUT2D eigenvalue weighted by Gasteiger charge is 2.22. The Kier molecular flexibility index (Phi) is 4.61. The Balaban J connectivity index is 2.22. The Morgan fingerprint density at radius 3 is 2.85 bits per heavy atom. The molecule has 0 fully saturated rings. The van der Waals surface area contributed by atoms with Crippen molar-refractivity contribution in [2.24, 2.45) is 5.92 Å². The molecule has 0 aliphatic carbocycles. The summed E-state index contributed by atoms with van der Waals surface area (Å²) >= 11 is 7.11. The average Bonchev–Trinajstić information content (AvgIpc) is 3.04. The number of aromatic amines is 1. The van der Waals surface area contributed by atoms with Gasteiger partial charge in [-0.05, 0) is 5.92 Å². The second-order valence-corrected chi connectivity index (χ2v) is 5.83. The highest BCUT2D eigenvalue weighted by molar-refractivity contribution is 7.18. The normalized spacial score (nSPS) is 12.4. The van der Waals surface area contributed by atoms with Crippen molar-refractivity contribution in [3.05, 3.63) is 28.2 Å². The van der Waals surface area contributed by atoms with Crippen molar-refractivity contribution < 1.29 is 9.53 Å². The van der Waals surface area contributed by atoms with Gasteiger partial charge < -0.3 is 15.0 Å². The quantitative estimate of drug-likeness (QED) is 0.829. The van der Waals surface area contributed by atoms with Gasteiger partial charge in [-0.3, -0.25) is 0 Å². The van der Waals surface area contributed by atoms with Crippen LogP contribution in [0.25, 0.3) is 0 Å². The van der Waals surface area contributed by atoms with E-state index in [2.05, 4.69) is 38.9 Å². The van der Waals surface area contributed by atoms with Crippen LogP contribution in [0, 0.1) is 5.92 Å². The first-order valence-corrected chi connectivity index (χ1v) is 7.22. The van der Waals surface area contributed by atoms with E-state index in [-0.39, 0.29) is 17.1 Å². The summed E-state index contributed by atoms with van der Waals surface area (Å²) in [6.07, 6.45) is 3.46. The third kappa shape index (κ3) is 3.10. The smallest absolute Gasteiger partial charge is 0.351 e. The van der Waals surface area contributed by atoms with E-state index in [0.29, 0.717) is 10.0 Å². The Hall–Kier alpha value is -1.60. The monoisotopic (exact) mass is 314 g/mol. The van der Waals surface area contributed by atoms with Crippen molar-refractivity contribution in [3.63, 3.8) is 0 Å². The van der Waals surface area contributed by atoms with Crippen molar-refractivity contribution >= 4 is 34.0 Å². The van der Waals surface area contributed by atoms with E-state index in [1.54, 1.807) is 12.4 Å². The molecule has 2 aromatic rings. The molecule has 0 spiro atoms. The van der Waals surface area contributed by atoms with Gasteiger partial charge in [0.1, 0.15) is 5.82 Å². The van der Waals surface area contributed by atoms with Crippen LogP contribution >= 0.6 is 22.9 Å². The van der Waals surface area contributed by atoms with Crippen molar-refractivity contribution in [3.8, 4) is 0 Å². The number of H-pyrrole nitrogens is 1. The molecule has 0 aromatic carbocycles. The summed E-state index contributed by atoms with van der Waals surface area (Å²) in [7, 11) is 1.31. The largest absolute Gasteiger partial charge is 0.465 e. The molecule has 0 unspecified atom stereocenters. The summed E-state index contributed by atoms with van der Waals surface area (Å²) in [5, 5.41) is 3.95. The van der Waals surface area contributed by atoms with E-state index < -0.39 is 5.97 Å². The van der Waals surface area contributed by atoms with Crippen molar-refractivity contribution in [2.75, 3.05) is 12.4 Å². The van der Waals surface area contributed by atoms with Crippen molar-refractivity contribution in [2.45, 2.75) is 19.9 Å². The van der Waals surface area contributed by atoms with Crippen LogP contribution < -0.4 is 5.32 Å². The number of methoxy groups -OCH3 is 1. The Bertz CT molecular complexity index is 582. The number of esters is 1. The zero-order chi connectivity index (χ0) is 14.7. The van der Waals surface area contributed by atoms with E-state index in [1.807, 2.05) is 0 Å². The maximum atomic E-state index is 11.5. The van der Waals surface area contributed by atoms with Crippen LogP contribution in [0.15, 0.2) is 12.4 Å². The number of ether oxygens (including phenoxy) is 1. The number of aromatic nitrogens is 3. The summed E-state index contributed by atoms with van der Waals surface area (Å²) in [6.45, 7) is 4.13. The zero-order valence-electron chi connectivity index (χ0n) is 11.3. The molecule has 108 valence electrons. The number of halogens is 1. The SMILES string of the molecule is COC(=O)c1sc(N[C@@H](c2ncc[nH]2)C(C)C)nc1Cl. The van der Waals surface area contributed by atoms with Crippen LogP contribution in [0.2, 0.25) is 5.15 Å². The van der Waals surface area contributed by atoms with E-state index in [1.165, 1.54) is 7.11 Å². The standard InChI is InChI=1S/C12H15ClN4O2S/c1-6(2)7(10-14-4-5-15-10)16-12-17-9(13)8(20-12)11(18)19-3/h4-7H,1-3H3,(H,14,15)(H,16,17)/t7-/m1/s1. The first-order valence-electron chi connectivity index (χ1n) is 6.03. The van der Waals surface area contributed by atoms with E-state index in [0.717, 1.165) is 17.2 Å². The molecular weight excluding hydrogens is 300 g/mol. The van der Waals surface area contributed by atoms with Gasteiger partial charge in [0.25, 0.3) is 0 Å². The second-order valence-electron chi connectivity index (χ2n) is 4.47. The lowest BCUT2D eigenvalue weighted by atomic mass is 10.0. The minimum Gasteiger partial charge on any atom is -0.465 e. The molecule has 0 bridgehead atoms. The van der Waals surface area contributed by atoms with Gasteiger partial charge in [0.05, 0.1) is 13.2 Å². The molecule has 2 heterocycles. The van der Waals surface area contributed by atoms with Gasteiger partial charge in [0, 0.05) is 12.4 Å². The number of nitrogens with zero attached hydrogens (tertiary/aromatic N) is 2. The average molecular weight is 315 g/mol. The Morgan fingerprint density at radius 2 is 2.30 bits per heavy atom. The Labute approximate surface area is 125 Å². The maximum absolute atomic E-state index is 11.5. The molecular formula is C12H15ClN4O2S. The number of carbonyl (C=O) groups excluding carboxylic acids is 1. The molecule has 2 aromatic heterocycles. The van der Waals surface area contributed by atoms with Crippen LogP contribution in [0.3, 0.4) is 0 Å². The van der Waals surface area contributed by atoms with E-state index >= 15 is 0 Å². The molecule has 0 saturated heterocycles. The Morgan fingerprint density at radius 1 is 1.55 bits per heavy atom. The summed E-state index contributed by atoms with van der Waals surface area (Å²) in [5.74, 6) is 0.607. The van der Waals surface area contributed by atoms with Gasteiger partial charge in [0.2, 0.25) is 0 Å². The number of carbonyl (C=O) groups is 1. The molecule has 2 N–H and O–H groups in total. The van der Waals surface area contributed by atoms with Gasteiger partial charge in [-0.1, -0.05) is 36.8 Å². The van der Waals surface area contributed by atoms with Gasteiger partial charge in [-0.2, -0.15) is 0 Å². The fourth-order valence-corrected chi connectivity index (χ4v) is 2.85. The van der Waals surface area contributed by atoms with Crippen LogP contribution in [-0.2, 0) is 4.74 Å². The predicted octanol–water partition coefficient (Wildman–Crippen LogP) is 3.12. The fourth-order valence-electron chi connectivity index (χ4n) is 1.71. The van der Waals surface area contributed by atoms with Gasteiger partial charge in [-0.15, -0.1) is 0 Å². The van der Waals surface area contributed by atoms with Crippen LogP contribution in [0.1, 0.15) is 35.4 Å². The number of rotatable bonds is 5. The second kappa shape index (κ2) is 6.23. The summed E-state index contributed by atoms with van der Waals surface area (Å²) in [6, 6.07) is -0.0438. The maximum Gasteiger partial charge on any atom is 0.351 e. The number of hydrogen-bond acceptors (Lipinski definition) is 6. The highest BCUT2D eigenvalue weighted by atomic mass is 35.5. The number of nitrogens with one attached hydrogen (secondary N) is 2. The highest BCUT2D eigenvalue weighted by Crippen LogP contribution is 2.31. The number of imidazole rings is 1.